The number of benzene rings is 1. The minimum absolute atomic E-state index is 0.0709. The number of hydrogen-bond donors (Lipinski definition) is 2. The van der Waals surface area contributed by atoms with Gasteiger partial charge in [-0.3, -0.25) is 14.6 Å². The van der Waals surface area contributed by atoms with Gasteiger partial charge >= 0.3 is 12.4 Å². The summed E-state index contributed by atoms with van der Waals surface area (Å²) in [6.45, 7) is 1.63. The molecular formula is C18H15F3N4O4. The molecule has 0 saturated carbocycles. The number of halogens is 3. The van der Waals surface area contributed by atoms with Crippen LogP contribution in [0.1, 0.15) is 28.8 Å². The molecule has 0 radical (unpaired) electrons. The highest BCUT2D eigenvalue weighted by molar-refractivity contribution is 6.21. The summed E-state index contributed by atoms with van der Waals surface area (Å²) < 4.78 is 40.6. The standard InChI is InChI=1S/C18H15F3N4O4/c1-9(12-6-7-23-8-13(12)15(22)26)14-16(27)25(17(28)24-14)10-2-4-11(5-3-10)29-18(19,20)21/h2-9,14H,1H3,(H2,22,26)(H,24,28). The van der Waals surface area contributed by atoms with Crippen LogP contribution in [-0.4, -0.2) is 35.2 Å². The number of ether oxygens (including phenoxy) is 1. The predicted octanol–water partition coefficient (Wildman–Crippen LogP) is 2.31. The minimum atomic E-state index is -4.86. The topological polar surface area (TPSA) is 115 Å². The lowest BCUT2D eigenvalue weighted by Crippen LogP contribution is -2.35. The molecule has 8 nitrogen and oxygen atoms in total. The molecule has 2 atom stereocenters. The van der Waals surface area contributed by atoms with Gasteiger partial charge in [-0.2, -0.15) is 0 Å². The molecule has 1 fully saturated rings. The summed E-state index contributed by atoms with van der Waals surface area (Å²) in [4.78, 5) is 41.4. The van der Waals surface area contributed by atoms with Gasteiger partial charge in [0.05, 0.1) is 11.3 Å². The van der Waals surface area contributed by atoms with Crippen molar-refractivity contribution in [2.24, 2.45) is 5.73 Å². The van der Waals surface area contributed by atoms with Crippen LogP contribution in [0.4, 0.5) is 23.7 Å². The fourth-order valence-electron chi connectivity index (χ4n) is 3.07. The highest BCUT2D eigenvalue weighted by atomic mass is 19.4. The molecule has 2 heterocycles. The Morgan fingerprint density at radius 2 is 1.90 bits per heavy atom. The summed E-state index contributed by atoms with van der Waals surface area (Å²) in [7, 11) is 0. The first-order valence-electron chi connectivity index (χ1n) is 8.32. The molecule has 2 aromatic rings. The zero-order chi connectivity index (χ0) is 21.3. The van der Waals surface area contributed by atoms with E-state index in [1.165, 1.54) is 18.5 Å². The number of carbonyl (C=O) groups excluding carboxylic acids is 3. The van der Waals surface area contributed by atoms with Crippen molar-refractivity contribution in [1.82, 2.24) is 10.3 Å². The second-order valence-corrected chi connectivity index (χ2v) is 6.26. The molecule has 1 saturated heterocycles. The number of carbonyl (C=O) groups is 3. The van der Waals surface area contributed by atoms with Crippen LogP contribution in [0, 0.1) is 0 Å². The average molecular weight is 408 g/mol. The molecule has 1 aromatic heterocycles. The first kappa shape index (κ1) is 20.1. The summed E-state index contributed by atoms with van der Waals surface area (Å²) in [6, 6.07) is 4.08. The molecule has 11 heteroatoms. The monoisotopic (exact) mass is 408 g/mol. The maximum atomic E-state index is 12.8. The van der Waals surface area contributed by atoms with E-state index in [9.17, 15) is 27.6 Å². The summed E-state index contributed by atoms with van der Waals surface area (Å²) in [5, 5.41) is 2.52. The second-order valence-electron chi connectivity index (χ2n) is 6.26. The van der Waals surface area contributed by atoms with Gasteiger partial charge in [-0.15, -0.1) is 13.2 Å². The minimum Gasteiger partial charge on any atom is -0.406 e. The average Bonchev–Trinajstić information content (AvgIpc) is 2.95. The Bertz CT molecular complexity index is 962. The number of anilines is 1. The Labute approximate surface area is 162 Å². The SMILES string of the molecule is CC(c1ccncc1C(N)=O)C1NC(=O)N(c2ccc(OC(F)(F)F)cc2)C1=O. The van der Waals surface area contributed by atoms with E-state index in [4.69, 9.17) is 5.73 Å². The van der Waals surface area contributed by atoms with E-state index in [0.29, 0.717) is 5.56 Å². The van der Waals surface area contributed by atoms with Crippen molar-refractivity contribution in [3.63, 3.8) is 0 Å². The smallest absolute Gasteiger partial charge is 0.406 e. The van der Waals surface area contributed by atoms with Gasteiger partial charge in [0.2, 0.25) is 0 Å². The molecule has 0 spiro atoms. The van der Waals surface area contributed by atoms with Gasteiger partial charge in [0.1, 0.15) is 11.8 Å². The Hall–Kier alpha value is -3.63. The van der Waals surface area contributed by atoms with Crippen LogP contribution >= 0.6 is 0 Å². The number of hydrogen-bond acceptors (Lipinski definition) is 5. The van der Waals surface area contributed by atoms with Crippen molar-refractivity contribution in [1.29, 1.82) is 0 Å². The first-order valence-corrected chi connectivity index (χ1v) is 8.32. The Morgan fingerprint density at radius 3 is 2.48 bits per heavy atom. The van der Waals surface area contributed by atoms with Crippen molar-refractivity contribution in [3.05, 3.63) is 53.9 Å². The van der Waals surface area contributed by atoms with Crippen molar-refractivity contribution in [2.45, 2.75) is 25.2 Å². The van der Waals surface area contributed by atoms with Gasteiger partial charge in [-0.05, 0) is 35.9 Å². The molecule has 29 heavy (non-hydrogen) atoms. The number of imide groups is 1. The third-order valence-corrected chi connectivity index (χ3v) is 4.41. The molecule has 1 aliphatic rings. The fraction of sp³-hybridized carbons (Fsp3) is 0.222. The molecular weight excluding hydrogens is 393 g/mol. The first-order chi connectivity index (χ1) is 13.6. The van der Waals surface area contributed by atoms with Crippen LogP contribution < -0.4 is 20.7 Å². The van der Waals surface area contributed by atoms with E-state index in [1.54, 1.807) is 6.92 Å². The van der Waals surface area contributed by atoms with E-state index in [0.717, 1.165) is 29.2 Å². The lowest BCUT2D eigenvalue weighted by atomic mass is 9.90. The Kier molecular flexibility index (Phi) is 5.14. The summed E-state index contributed by atoms with van der Waals surface area (Å²) in [5.74, 6) is -2.45. The third kappa shape index (κ3) is 4.13. The number of urea groups is 1. The Balaban J connectivity index is 1.84. The number of alkyl halides is 3. The summed E-state index contributed by atoms with van der Waals surface area (Å²) >= 11 is 0. The Morgan fingerprint density at radius 1 is 1.24 bits per heavy atom. The van der Waals surface area contributed by atoms with Gasteiger partial charge in [0.15, 0.2) is 0 Å². The summed E-state index contributed by atoms with van der Waals surface area (Å²) in [5.41, 5.74) is 5.96. The fourth-order valence-corrected chi connectivity index (χ4v) is 3.07. The highest BCUT2D eigenvalue weighted by Crippen LogP contribution is 2.30. The normalized spacial score (nSPS) is 17.8. The second kappa shape index (κ2) is 7.41. The number of nitrogens with zero attached hydrogens (tertiary/aromatic N) is 2. The predicted molar refractivity (Wildman–Crippen MR) is 94.1 cm³/mol. The third-order valence-electron chi connectivity index (χ3n) is 4.41. The molecule has 1 aliphatic heterocycles. The quantitative estimate of drug-likeness (QED) is 0.737. The number of pyridine rings is 1. The molecule has 3 rings (SSSR count). The zero-order valence-corrected chi connectivity index (χ0v) is 14.9. The molecule has 1 aromatic carbocycles. The largest absolute Gasteiger partial charge is 0.573 e. The van der Waals surface area contributed by atoms with E-state index in [-0.39, 0.29) is 11.3 Å². The van der Waals surface area contributed by atoms with Crippen LogP contribution in [0.25, 0.3) is 0 Å². The molecule has 0 aliphatic carbocycles. The highest BCUT2D eigenvalue weighted by Gasteiger charge is 2.43. The van der Waals surface area contributed by atoms with Gasteiger partial charge < -0.3 is 15.8 Å². The molecule has 3 N–H and O–H groups in total. The van der Waals surface area contributed by atoms with Crippen LogP contribution in [0.2, 0.25) is 0 Å². The van der Waals surface area contributed by atoms with Gasteiger partial charge in [-0.1, -0.05) is 6.92 Å². The summed E-state index contributed by atoms with van der Waals surface area (Å²) in [6.07, 6.45) is -2.16. The number of aromatic nitrogens is 1. The zero-order valence-electron chi connectivity index (χ0n) is 14.9. The van der Waals surface area contributed by atoms with E-state index >= 15 is 0 Å². The van der Waals surface area contributed by atoms with Gasteiger partial charge in [0, 0.05) is 18.3 Å². The lowest BCUT2D eigenvalue weighted by Gasteiger charge is -2.20. The van der Waals surface area contributed by atoms with Crippen molar-refractivity contribution in [3.8, 4) is 5.75 Å². The number of rotatable bonds is 5. The van der Waals surface area contributed by atoms with E-state index in [1.807, 2.05) is 0 Å². The van der Waals surface area contributed by atoms with Gasteiger partial charge in [-0.25, -0.2) is 9.69 Å². The molecule has 0 bridgehead atoms. The van der Waals surface area contributed by atoms with Crippen LogP contribution in [0.15, 0.2) is 42.7 Å². The number of primary amides is 1. The van der Waals surface area contributed by atoms with Crippen LogP contribution in [-0.2, 0) is 4.79 Å². The lowest BCUT2D eigenvalue weighted by molar-refractivity contribution is -0.274. The number of nitrogens with two attached hydrogens (primary N) is 1. The van der Waals surface area contributed by atoms with Crippen molar-refractivity contribution < 1.29 is 32.3 Å². The number of amides is 4. The van der Waals surface area contributed by atoms with Crippen molar-refractivity contribution >= 4 is 23.5 Å². The maximum absolute atomic E-state index is 12.8. The molecule has 4 amide bonds. The van der Waals surface area contributed by atoms with Crippen LogP contribution in [0.5, 0.6) is 5.75 Å². The van der Waals surface area contributed by atoms with Crippen molar-refractivity contribution in [2.75, 3.05) is 4.90 Å². The maximum Gasteiger partial charge on any atom is 0.573 e. The van der Waals surface area contributed by atoms with Crippen LogP contribution in [0.3, 0.4) is 0 Å². The van der Waals surface area contributed by atoms with E-state index in [2.05, 4.69) is 15.0 Å². The van der Waals surface area contributed by atoms with Gasteiger partial charge in [0.25, 0.3) is 11.8 Å². The molecule has 2 unspecified atom stereocenters. The van der Waals surface area contributed by atoms with E-state index < -0.39 is 41.9 Å². The number of nitrogens with one attached hydrogen (secondary N) is 1. The molecule has 152 valence electrons.